The van der Waals surface area contributed by atoms with Crippen LogP contribution in [0.25, 0.3) is 0 Å². The maximum absolute atomic E-state index is 12.2. The van der Waals surface area contributed by atoms with Crippen molar-refractivity contribution < 1.29 is 23.9 Å². The van der Waals surface area contributed by atoms with Gasteiger partial charge in [0.15, 0.2) is 6.61 Å². The van der Waals surface area contributed by atoms with Gasteiger partial charge in [-0.1, -0.05) is 22.0 Å². The highest BCUT2D eigenvalue weighted by Crippen LogP contribution is 2.21. The first-order valence-electron chi connectivity index (χ1n) is 8.24. The van der Waals surface area contributed by atoms with E-state index >= 15 is 0 Å². The minimum absolute atomic E-state index is 0.123. The Morgan fingerprint density at radius 3 is 2.46 bits per heavy atom. The molecule has 3 amide bonds. The third kappa shape index (κ3) is 4.34. The summed E-state index contributed by atoms with van der Waals surface area (Å²) in [7, 11) is 0. The summed E-state index contributed by atoms with van der Waals surface area (Å²) in [4.78, 5) is 48.7. The van der Waals surface area contributed by atoms with Crippen molar-refractivity contribution in [3.63, 3.8) is 0 Å². The van der Waals surface area contributed by atoms with Gasteiger partial charge in [-0.2, -0.15) is 0 Å². The molecule has 0 aliphatic carbocycles. The van der Waals surface area contributed by atoms with Crippen LogP contribution in [0.1, 0.15) is 15.9 Å². The van der Waals surface area contributed by atoms with E-state index in [4.69, 9.17) is 4.74 Å². The first-order valence-corrected chi connectivity index (χ1v) is 9.04. The summed E-state index contributed by atoms with van der Waals surface area (Å²) in [5, 5.41) is 2.67. The van der Waals surface area contributed by atoms with Crippen LogP contribution in [-0.4, -0.2) is 30.3 Å². The van der Waals surface area contributed by atoms with Crippen LogP contribution < -0.4 is 10.2 Å². The second-order valence-electron chi connectivity index (χ2n) is 5.98. The van der Waals surface area contributed by atoms with Crippen molar-refractivity contribution in [2.75, 3.05) is 16.8 Å². The van der Waals surface area contributed by atoms with Crippen LogP contribution in [0, 0.1) is 6.92 Å². The SMILES string of the molecule is Cc1cc(Br)ccc1NC(=O)COC(=O)c1cccc(N2C(=O)C=CC2=O)c1. The number of aryl methyl sites for hydroxylation is 1. The molecule has 0 spiro atoms. The van der Waals surface area contributed by atoms with Gasteiger partial charge in [-0.15, -0.1) is 0 Å². The number of esters is 1. The molecule has 1 heterocycles. The summed E-state index contributed by atoms with van der Waals surface area (Å²) in [5.41, 5.74) is 1.85. The third-order valence-corrected chi connectivity index (χ3v) is 4.44. The van der Waals surface area contributed by atoms with Crippen molar-refractivity contribution in [1.82, 2.24) is 0 Å². The monoisotopic (exact) mass is 442 g/mol. The van der Waals surface area contributed by atoms with Gasteiger partial charge in [-0.3, -0.25) is 14.4 Å². The molecule has 0 aromatic heterocycles. The Bertz CT molecular complexity index is 997. The molecule has 0 fully saturated rings. The average molecular weight is 443 g/mol. The van der Waals surface area contributed by atoms with Gasteiger partial charge in [0.05, 0.1) is 11.3 Å². The number of hydrogen-bond donors (Lipinski definition) is 1. The first kappa shape index (κ1) is 19.5. The Morgan fingerprint density at radius 2 is 1.79 bits per heavy atom. The van der Waals surface area contributed by atoms with Gasteiger partial charge in [0.25, 0.3) is 17.7 Å². The van der Waals surface area contributed by atoms with Gasteiger partial charge >= 0.3 is 5.97 Å². The van der Waals surface area contributed by atoms with E-state index < -0.39 is 30.3 Å². The lowest BCUT2D eigenvalue weighted by molar-refractivity contribution is -0.120. The topological polar surface area (TPSA) is 92.8 Å². The van der Waals surface area contributed by atoms with Gasteiger partial charge < -0.3 is 10.1 Å². The van der Waals surface area contributed by atoms with Gasteiger partial charge in [0.1, 0.15) is 0 Å². The highest BCUT2D eigenvalue weighted by atomic mass is 79.9. The van der Waals surface area contributed by atoms with E-state index in [1.54, 1.807) is 12.1 Å². The van der Waals surface area contributed by atoms with Gasteiger partial charge in [-0.05, 0) is 48.9 Å². The molecule has 1 aliphatic rings. The maximum Gasteiger partial charge on any atom is 0.338 e. The van der Waals surface area contributed by atoms with Crippen LogP contribution in [0.15, 0.2) is 59.1 Å². The van der Waals surface area contributed by atoms with Crippen LogP contribution in [0.3, 0.4) is 0 Å². The van der Waals surface area contributed by atoms with E-state index in [9.17, 15) is 19.2 Å². The normalized spacial score (nSPS) is 13.0. The lowest BCUT2D eigenvalue weighted by Gasteiger charge is -2.14. The highest BCUT2D eigenvalue weighted by Gasteiger charge is 2.25. The molecule has 1 N–H and O–H groups in total. The van der Waals surface area contributed by atoms with Gasteiger partial charge in [0, 0.05) is 22.3 Å². The van der Waals surface area contributed by atoms with Crippen LogP contribution in [0.5, 0.6) is 0 Å². The number of rotatable bonds is 5. The zero-order valence-corrected chi connectivity index (χ0v) is 16.4. The molecule has 2 aromatic rings. The number of hydrogen-bond acceptors (Lipinski definition) is 5. The van der Waals surface area contributed by atoms with Crippen LogP contribution in [0.2, 0.25) is 0 Å². The number of halogens is 1. The molecule has 28 heavy (non-hydrogen) atoms. The summed E-state index contributed by atoms with van der Waals surface area (Å²) in [6.45, 7) is 1.37. The van der Waals surface area contributed by atoms with Crippen molar-refractivity contribution in [3.8, 4) is 0 Å². The molecule has 3 rings (SSSR count). The Morgan fingerprint density at radius 1 is 1.07 bits per heavy atom. The number of anilines is 2. The number of ether oxygens (including phenoxy) is 1. The zero-order valence-electron chi connectivity index (χ0n) is 14.8. The number of benzene rings is 2. The molecule has 0 bridgehead atoms. The summed E-state index contributed by atoms with van der Waals surface area (Å²) < 4.78 is 5.92. The molecule has 8 heteroatoms. The Kier molecular flexibility index (Phi) is 5.70. The highest BCUT2D eigenvalue weighted by molar-refractivity contribution is 9.10. The van der Waals surface area contributed by atoms with E-state index in [-0.39, 0.29) is 11.3 Å². The fourth-order valence-electron chi connectivity index (χ4n) is 2.59. The van der Waals surface area contributed by atoms with E-state index in [1.165, 1.54) is 24.3 Å². The lowest BCUT2D eigenvalue weighted by Crippen LogP contribution is -2.29. The Hall–Kier alpha value is -3.26. The fourth-order valence-corrected chi connectivity index (χ4v) is 3.07. The summed E-state index contributed by atoms with van der Waals surface area (Å²) >= 11 is 3.34. The fraction of sp³-hybridized carbons (Fsp3) is 0.100. The zero-order chi connectivity index (χ0) is 20.3. The molecule has 0 atom stereocenters. The molecule has 0 saturated heterocycles. The second kappa shape index (κ2) is 8.18. The Labute approximate surface area is 169 Å². The van der Waals surface area contributed by atoms with Crippen LogP contribution in [0.4, 0.5) is 11.4 Å². The summed E-state index contributed by atoms with van der Waals surface area (Å²) in [5.74, 6) is -2.19. The molecule has 7 nitrogen and oxygen atoms in total. The van der Waals surface area contributed by atoms with E-state index in [0.717, 1.165) is 27.1 Å². The van der Waals surface area contributed by atoms with Crippen LogP contribution in [-0.2, 0) is 19.1 Å². The minimum atomic E-state index is -0.739. The predicted octanol–water partition coefficient (Wildman–Crippen LogP) is 2.98. The maximum atomic E-state index is 12.2. The largest absolute Gasteiger partial charge is 0.452 e. The number of nitrogens with one attached hydrogen (secondary N) is 1. The molecule has 0 radical (unpaired) electrons. The average Bonchev–Trinajstić information content (AvgIpc) is 3.00. The summed E-state index contributed by atoms with van der Waals surface area (Å²) in [6.07, 6.45) is 2.31. The first-order chi connectivity index (χ1) is 13.3. The van der Waals surface area contributed by atoms with Gasteiger partial charge in [-0.25, -0.2) is 9.69 Å². The Balaban J connectivity index is 1.62. The molecule has 142 valence electrons. The molecular formula is C20H15BrN2O5. The van der Waals surface area contributed by atoms with Crippen molar-refractivity contribution in [3.05, 3.63) is 70.2 Å². The van der Waals surface area contributed by atoms with Gasteiger partial charge in [0.2, 0.25) is 0 Å². The smallest absolute Gasteiger partial charge is 0.338 e. The molecule has 2 aromatic carbocycles. The molecule has 0 saturated carbocycles. The molecular weight excluding hydrogens is 428 g/mol. The standard InChI is InChI=1S/C20H15BrN2O5/c1-12-9-14(21)5-6-16(12)22-17(24)11-28-20(27)13-3-2-4-15(10-13)23-18(25)7-8-19(23)26/h2-10H,11H2,1H3,(H,22,24). The molecule has 0 unspecified atom stereocenters. The number of nitrogens with zero attached hydrogens (tertiary/aromatic N) is 1. The number of carbonyl (C=O) groups is 4. The summed E-state index contributed by atoms with van der Waals surface area (Å²) in [6, 6.07) is 11.3. The number of imide groups is 1. The number of carbonyl (C=O) groups excluding carboxylic acids is 4. The van der Waals surface area contributed by atoms with E-state index in [1.807, 2.05) is 13.0 Å². The number of amides is 3. The quantitative estimate of drug-likeness (QED) is 0.567. The van der Waals surface area contributed by atoms with Crippen molar-refractivity contribution in [2.45, 2.75) is 6.92 Å². The van der Waals surface area contributed by atoms with E-state index in [2.05, 4.69) is 21.2 Å². The lowest BCUT2D eigenvalue weighted by atomic mass is 10.2. The van der Waals surface area contributed by atoms with Crippen molar-refractivity contribution >= 4 is 51.0 Å². The second-order valence-corrected chi connectivity index (χ2v) is 6.89. The van der Waals surface area contributed by atoms with Crippen molar-refractivity contribution in [1.29, 1.82) is 0 Å². The third-order valence-electron chi connectivity index (χ3n) is 3.95. The van der Waals surface area contributed by atoms with Crippen LogP contribution >= 0.6 is 15.9 Å². The predicted molar refractivity (Wildman–Crippen MR) is 106 cm³/mol. The minimum Gasteiger partial charge on any atom is -0.452 e. The van der Waals surface area contributed by atoms with Crippen molar-refractivity contribution in [2.24, 2.45) is 0 Å². The van der Waals surface area contributed by atoms with E-state index in [0.29, 0.717) is 5.69 Å². The molecule has 1 aliphatic heterocycles.